The zero-order valence-electron chi connectivity index (χ0n) is 9.25. The second-order valence-electron chi connectivity index (χ2n) is 4.78. The molecule has 0 aliphatic heterocycles. The zero-order chi connectivity index (χ0) is 11.1. The second kappa shape index (κ2) is 3.38. The fourth-order valence-corrected chi connectivity index (χ4v) is 1.92. The predicted octanol–water partition coefficient (Wildman–Crippen LogP) is 2.32. The van der Waals surface area contributed by atoms with E-state index in [9.17, 15) is 5.11 Å². The predicted molar refractivity (Wildman–Crippen MR) is 62.6 cm³/mol. The van der Waals surface area contributed by atoms with Gasteiger partial charge in [-0.2, -0.15) is 0 Å². The molecule has 2 heteroatoms. The minimum Gasteiger partial charge on any atom is -0.507 e. The van der Waals surface area contributed by atoms with Crippen molar-refractivity contribution in [2.75, 3.05) is 6.54 Å². The molecule has 0 saturated heterocycles. The molecular formula is C13H17NO. The van der Waals surface area contributed by atoms with E-state index in [0.29, 0.717) is 12.3 Å². The molecule has 0 bridgehead atoms. The quantitative estimate of drug-likeness (QED) is 0.774. The van der Waals surface area contributed by atoms with Crippen LogP contribution in [0.4, 0.5) is 0 Å². The van der Waals surface area contributed by atoms with Crippen LogP contribution in [0, 0.1) is 5.41 Å². The number of fused-ring (bicyclic) bond motifs is 1. The lowest BCUT2D eigenvalue weighted by Gasteiger charge is -2.24. The Hall–Kier alpha value is -1.28. The van der Waals surface area contributed by atoms with Crippen molar-refractivity contribution >= 4 is 6.08 Å². The fraction of sp³-hybridized carbons (Fsp3) is 0.385. The van der Waals surface area contributed by atoms with Crippen LogP contribution < -0.4 is 5.73 Å². The van der Waals surface area contributed by atoms with Gasteiger partial charge in [-0.1, -0.05) is 37.6 Å². The summed E-state index contributed by atoms with van der Waals surface area (Å²) in [6, 6.07) is 5.68. The lowest BCUT2D eigenvalue weighted by atomic mass is 9.83. The van der Waals surface area contributed by atoms with Gasteiger partial charge in [0.25, 0.3) is 0 Å². The molecule has 0 amide bonds. The first-order valence-electron chi connectivity index (χ1n) is 5.26. The Morgan fingerprint density at radius 3 is 2.73 bits per heavy atom. The van der Waals surface area contributed by atoms with Crippen molar-refractivity contribution in [2.24, 2.45) is 11.1 Å². The number of benzene rings is 1. The molecule has 3 N–H and O–H groups in total. The van der Waals surface area contributed by atoms with Crippen LogP contribution in [0.2, 0.25) is 0 Å². The number of aromatic hydroxyl groups is 1. The summed E-state index contributed by atoms with van der Waals surface area (Å²) in [4.78, 5) is 0. The normalized spacial score (nSPS) is 15.0. The van der Waals surface area contributed by atoms with E-state index >= 15 is 0 Å². The number of hydrogen-bond donors (Lipinski definition) is 2. The monoisotopic (exact) mass is 203 g/mol. The van der Waals surface area contributed by atoms with Gasteiger partial charge in [0.2, 0.25) is 0 Å². The number of phenolic OH excluding ortho intramolecular Hbond substituents is 1. The van der Waals surface area contributed by atoms with E-state index in [4.69, 9.17) is 5.73 Å². The smallest absolute Gasteiger partial charge is 0.123 e. The zero-order valence-corrected chi connectivity index (χ0v) is 9.25. The van der Waals surface area contributed by atoms with Crippen LogP contribution in [0.15, 0.2) is 23.8 Å². The Morgan fingerprint density at radius 2 is 2.13 bits per heavy atom. The van der Waals surface area contributed by atoms with Crippen LogP contribution in [0.1, 0.15) is 25.0 Å². The topological polar surface area (TPSA) is 46.2 Å². The first-order chi connectivity index (χ1) is 7.04. The van der Waals surface area contributed by atoms with E-state index in [0.717, 1.165) is 12.0 Å². The maximum Gasteiger partial charge on any atom is 0.123 e. The van der Waals surface area contributed by atoms with Crippen molar-refractivity contribution in [2.45, 2.75) is 20.3 Å². The van der Waals surface area contributed by atoms with E-state index < -0.39 is 0 Å². The van der Waals surface area contributed by atoms with Gasteiger partial charge in [-0.25, -0.2) is 0 Å². The van der Waals surface area contributed by atoms with Gasteiger partial charge in [0, 0.05) is 12.1 Å². The van der Waals surface area contributed by atoms with Gasteiger partial charge < -0.3 is 10.8 Å². The summed E-state index contributed by atoms with van der Waals surface area (Å²) in [6.45, 7) is 4.91. The molecule has 1 aromatic carbocycles. The Kier molecular flexibility index (Phi) is 2.31. The van der Waals surface area contributed by atoms with Crippen molar-refractivity contribution in [3.05, 3.63) is 34.9 Å². The first-order valence-corrected chi connectivity index (χ1v) is 5.26. The maximum atomic E-state index is 9.71. The maximum absolute atomic E-state index is 9.71. The Labute approximate surface area is 90.4 Å². The highest BCUT2D eigenvalue weighted by Gasteiger charge is 2.26. The summed E-state index contributed by atoms with van der Waals surface area (Å²) < 4.78 is 0. The second-order valence-corrected chi connectivity index (χ2v) is 4.78. The molecule has 0 unspecified atom stereocenters. The lowest BCUT2D eigenvalue weighted by Crippen LogP contribution is -2.25. The molecule has 80 valence electrons. The highest BCUT2D eigenvalue weighted by molar-refractivity contribution is 5.69. The van der Waals surface area contributed by atoms with Gasteiger partial charge in [0.05, 0.1) is 0 Å². The van der Waals surface area contributed by atoms with Crippen LogP contribution in [-0.4, -0.2) is 11.7 Å². The minimum atomic E-state index is 0.0193. The van der Waals surface area contributed by atoms with Crippen LogP contribution in [0.25, 0.3) is 6.08 Å². The highest BCUT2D eigenvalue weighted by Crippen LogP contribution is 2.39. The van der Waals surface area contributed by atoms with Crippen molar-refractivity contribution in [3.63, 3.8) is 0 Å². The Morgan fingerprint density at radius 1 is 1.40 bits per heavy atom. The van der Waals surface area contributed by atoms with Crippen LogP contribution in [0.5, 0.6) is 5.75 Å². The summed E-state index contributed by atoms with van der Waals surface area (Å²) in [5.41, 5.74) is 9.25. The van der Waals surface area contributed by atoms with Gasteiger partial charge >= 0.3 is 0 Å². The first kappa shape index (κ1) is 10.2. The Balaban J connectivity index is 2.40. The van der Waals surface area contributed by atoms with Gasteiger partial charge in [-0.05, 0) is 23.5 Å². The molecular weight excluding hydrogens is 186 g/mol. The SMILES string of the molecule is CC(C)(CN)C1=Cc2c(O)cccc2C1. The van der Waals surface area contributed by atoms with Crippen molar-refractivity contribution in [1.29, 1.82) is 0 Å². The Bertz CT molecular complexity index is 419. The largest absolute Gasteiger partial charge is 0.507 e. The highest BCUT2D eigenvalue weighted by atomic mass is 16.3. The standard InChI is InChI=1S/C13H17NO/c1-13(2,8-14)10-6-9-4-3-5-12(15)11(9)7-10/h3-5,7,15H,6,8,14H2,1-2H3. The van der Waals surface area contributed by atoms with E-state index in [-0.39, 0.29) is 5.41 Å². The van der Waals surface area contributed by atoms with Gasteiger partial charge in [0.1, 0.15) is 5.75 Å². The molecule has 2 nitrogen and oxygen atoms in total. The number of hydrogen-bond acceptors (Lipinski definition) is 2. The van der Waals surface area contributed by atoms with E-state index in [1.54, 1.807) is 6.07 Å². The number of nitrogens with two attached hydrogens (primary N) is 1. The number of rotatable bonds is 2. The lowest BCUT2D eigenvalue weighted by molar-refractivity contribution is 0.456. The number of phenols is 1. The van der Waals surface area contributed by atoms with Gasteiger partial charge in [-0.15, -0.1) is 0 Å². The fourth-order valence-electron chi connectivity index (χ4n) is 1.92. The third-order valence-electron chi connectivity index (χ3n) is 3.25. The summed E-state index contributed by atoms with van der Waals surface area (Å²) in [5, 5.41) is 9.71. The molecule has 2 rings (SSSR count). The molecule has 0 spiro atoms. The minimum absolute atomic E-state index is 0.0193. The average Bonchev–Trinajstić information content (AvgIpc) is 2.64. The van der Waals surface area contributed by atoms with E-state index in [1.807, 2.05) is 6.07 Å². The molecule has 1 aliphatic carbocycles. The van der Waals surface area contributed by atoms with E-state index in [2.05, 4.69) is 26.0 Å². The molecule has 0 heterocycles. The third-order valence-corrected chi connectivity index (χ3v) is 3.25. The van der Waals surface area contributed by atoms with Crippen molar-refractivity contribution < 1.29 is 5.11 Å². The van der Waals surface area contributed by atoms with Crippen molar-refractivity contribution in [3.8, 4) is 5.75 Å². The molecule has 0 atom stereocenters. The molecule has 0 fully saturated rings. The molecule has 1 aromatic rings. The summed E-state index contributed by atoms with van der Waals surface area (Å²) in [5.74, 6) is 0.371. The molecule has 0 radical (unpaired) electrons. The van der Waals surface area contributed by atoms with Crippen molar-refractivity contribution in [1.82, 2.24) is 0 Å². The third kappa shape index (κ3) is 1.65. The van der Waals surface area contributed by atoms with Crippen LogP contribution >= 0.6 is 0 Å². The molecule has 1 aliphatic rings. The summed E-state index contributed by atoms with van der Waals surface area (Å²) in [7, 11) is 0. The molecule has 0 aromatic heterocycles. The molecule has 0 saturated carbocycles. The summed E-state index contributed by atoms with van der Waals surface area (Å²) in [6.07, 6.45) is 2.99. The molecule has 15 heavy (non-hydrogen) atoms. The van der Waals surface area contributed by atoms with E-state index in [1.165, 1.54) is 11.1 Å². The summed E-state index contributed by atoms with van der Waals surface area (Å²) >= 11 is 0. The average molecular weight is 203 g/mol. The van der Waals surface area contributed by atoms with Crippen LogP contribution in [-0.2, 0) is 6.42 Å². The van der Waals surface area contributed by atoms with Crippen LogP contribution in [0.3, 0.4) is 0 Å². The van der Waals surface area contributed by atoms with Gasteiger partial charge in [-0.3, -0.25) is 0 Å². The van der Waals surface area contributed by atoms with Gasteiger partial charge in [0.15, 0.2) is 0 Å².